The summed E-state index contributed by atoms with van der Waals surface area (Å²) in [5.41, 5.74) is -0.222. The molecule has 2 N–H and O–H groups in total. The number of amides is 1. The highest BCUT2D eigenvalue weighted by atomic mass is 32.1. The molecule has 1 saturated heterocycles. The lowest BCUT2D eigenvalue weighted by Crippen LogP contribution is -2.38. The van der Waals surface area contributed by atoms with E-state index in [2.05, 4.69) is 22.5 Å². The van der Waals surface area contributed by atoms with Crippen molar-refractivity contribution in [1.82, 2.24) is 10.3 Å². The second-order valence-corrected chi connectivity index (χ2v) is 5.14. The average molecular weight is 239 g/mol. The van der Waals surface area contributed by atoms with Crippen molar-refractivity contribution >= 4 is 22.4 Å². The first-order chi connectivity index (χ1) is 7.77. The van der Waals surface area contributed by atoms with E-state index in [1.807, 2.05) is 5.38 Å². The van der Waals surface area contributed by atoms with Crippen molar-refractivity contribution in [3.63, 3.8) is 0 Å². The summed E-state index contributed by atoms with van der Waals surface area (Å²) in [7, 11) is 0. The van der Waals surface area contributed by atoms with Gasteiger partial charge in [-0.15, -0.1) is 11.3 Å². The summed E-state index contributed by atoms with van der Waals surface area (Å²) in [5, 5.41) is 8.77. The van der Waals surface area contributed by atoms with E-state index in [1.54, 1.807) is 6.20 Å². The number of anilines is 1. The molecular formula is C11H17N3OS. The third-order valence-electron chi connectivity index (χ3n) is 3.11. The van der Waals surface area contributed by atoms with Gasteiger partial charge < -0.3 is 10.6 Å². The summed E-state index contributed by atoms with van der Waals surface area (Å²) in [5.74, 6) is 0.120. The van der Waals surface area contributed by atoms with Gasteiger partial charge in [-0.3, -0.25) is 4.79 Å². The second-order valence-electron chi connectivity index (χ2n) is 4.25. The van der Waals surface area contributed by atoms with Gasteiger partial charge in [0.2, 0.25) is 5.91 Å². The third-order valence-corrected chi connectivity index (χ3v) is 3.80. The number of hydrogen-bond acceptors (Lipinski definition) is 4. The molecule has 16 heavy (non-hydrogen) atoms. The minimum Gasteiger partial charge on any atom is -0.316 e. The Morgan fingerprint density at radius 2 is 2.62 bits per heavy atom. The molecule has 4 nitrogen and oxygen atoms in total. The van der Waals surface area contributed by atoms with Crippen LogP contribution in [0.25, 0.3) is 0 Å². The number of aromatic nitrogens is 1. The van der Waals surface area contributed by atoms with E-state index in [4.69, 9.17) is 0 Å². The zero-order chi connectivity index (χ0) is 11.4. The van der Waals surface area contributed by atoms with Crippen molar-refractivity contribution in [3.05, 3.63) is 11.6 Å². The first kappa shape index (κ1) is 11.5. The van der Waals surface area contributed by atoms with Crippen LogP contribution in [0.4, 0.5) is 5.13 Å². The molecule has 5 heteroatoms. The Morgan fingerprint density at radius 3 is 3.19 bits per heavy atom. The van der Waals surface area contributed by atoms with Crippen LogP contribution >= 0.6 is 11.3 Å². The average Bonchev–Trinajstić information content (AvgIpc) is 2.89. The number of carbonyl (C=O) groups excluding carboxylic acids is 1. The van der Waals surface area contributed by atoms with Crippen molar-refractivity contribution in [1.29, 1.82) is 0 Å². The van der Waals surface area contributed by atoms with Crippen molar-refractivity contribution in [2.24, 2.45) is 5.41 Å². The highest BCUT2D eigenvalue weighted by molar-refractivity contribution is 7.13. The lowest BCUT2D eigenvalue weighted by Gasteiger charge is -2.25. The summed E-state index contributed by atoms with van der Waals surface area (Å²) in [6, 6.07) is 0. The van der Waals surface area contributed by atoms with Crippen LogP contribution in [0.3, 0.4) is 0 Å². The highest BCUT2D eigenvalue weighted by Crippen LogP contribution is 2.32. The van der Waals surface area contributed by atoms with Crippen LogP contribution in [0.15, 0.2) is 11.6 Å². The molecule has 0 aromatic carbocycles. The van der Waals surface area contributed by atoms with Gasteiger partial charge in [0.15, 0.2) is 5.13 Å². The zero-order valence-electron chi connectivity index (χ0n) is 9.45. The van der Waals surface area contributed by atoms with E-state index >= 15 is 0 Å². The smallest absolute Gasteiger partial charge is 0.233 e. The Labute approximate surface area is 99.5 Å². The molecule has 1 aromatic rings. The number of nitrogens with one attached hydrogen (secondary N) is 2. The normalized spacial score (nSPS) is 24.6. The first-order valence-electron chi connectivity index (χ1n) is 5.68. The lowest BCUT2D eigenvalue weighted by atomic mass is 9.81. The molecule has 2 rings (SSSR count). The van der Waals surface area contributed by atoms with Crippen molar-refractivity contribution < 1.29 is 4.79 Å². The predicted molar refractivity (Wildman–Crippen MR) is 65.6 cm³/mol. The van der Waals surface area contributed by atoms with Gasteiger partial charge in [-0.05, 0) is 19.4 Å². The molecule has 0 bridgehead atoms. The molecule has 1 unspecified atom stereocenters. The fraction of sp³-hybridized carbons (Fsp3) is 0.636. The molecule has 0 spiro atoms. The van der Waals surface area contributed by atoms with E-state index in [0.29, 0.717) is 5.13 Å². The molecule has 0 aliphatic carbocycles. The Bertz CT molecular complexity index is 344. The lowest BCUT2D eigenvalue weighted by molar-refractivity contribution is -0.125. The topological polar surface area (TPSA) is 54.0 Å². The van der Waals surface area contributed by atoms with Gasteiger partial charge in [0.1, 0.15) is 0 Å². The van der Waals surface area contributed by atoms with E-state index in [1.165, 1.54) is 11.3 Å². The standard InChI is InChI=1S/C11H17N3OS/c1-2-3-11(4-5-12-8-11)9(15)14-10-13-6-7-16-10/h6-7,12H,2-5,8H2,1H3,(H,13,14,15). The van der Waals surface area contributed by atoms with Crippen LogP contribution < -0.4 is 10.6 Å². The molecule has 1 amide bonds. The van der Waals surface area contributed by atoms with Gasteiger partial charge in [0.25, 0.3) is 0 Å². The summed E-state index contributed by atoms with van der Waals surface area (Å²) >= 11 is 1.46. The summed E-state index contributed by atoms with van der Waals surface area (Å²) in [6.07, 6.45) is 4.61. The number of rotatable bonds is 4. The molecular weight excluding hydrogens is 222 g/mol. The minimum absolute atomic E-state index is 0.120. The molecule has 2 heterocycles. The van der Waals surface area contributed by atoms with E-state index < -0.39 is 0 Å². The third kappa shape index (κ3) is 2.25. The molecule has 1 aliphatic heterocycles. The second kappa shape index (κ2) is 4.93. The fourth-order valence-electron chi connectivity index (χ4n) is 2.26. The number of thiazole rings is 1. The highest BCUT2D eigenvalue weighted by Gasteiger charge is 2.40. The maximum absolute atomic E-state index is 12.2. The Morgan fingerprint density at radius 1 is 1.75 bits per heavy atom. The van der Waals surface area contributed by atoms with Crippen molar-refractivity contribution in [2.45, 2.75) is 26.2 Å². The van der Waals surface area contributed by atoms with Crippen LogP contribution in [-0.4, -0.2) is 24.0 Å². The molecule has 1 atom stereocenters. The van der Waals surface area contributed by atoms with Crippen LogP contribution in [-0.2, 0) is 4.79 Å². The van der Waals surface area contributed by atoms with Gasteiger partial charge in [-0.2, -0.15) is 0 Å². The SMILES string of the molecule is CCCC1(C(=O)Nc2nccs2)CCNC1. The zero-order valence-corrected chi connectivity index (χ0v) is 10.3. The largest absolute Gasteiger partial charge is 0.316 e. The van der Waals surface area contributed by atoms with Gasteiger partial charge in [0.05, 0.1) is 5.41 Å². The molecule has 88 valence electrons. The Hall–Kier alpha value is -0.940. The molecule has 0 radical (unpaired) electrons. The molecule has 1 fully saturated rings. The predicted octanol–water partition coefficient (Wildman–Crippen LogP) is 1.86. The van der Waals surface area contributed by atoms with Crippen LogP contribution in [0, 0.1) is 5.41 Å². The summed E-state index contributed by atoms with van der Waals surface area (Å²) in [6.45, 7) is 3.85. The van der Waals surface area contributed by atoms with Crippen LogP contribution in [0.5, 0.6) is 0 Å². The maximum Gasteiger partial charge on any atom is 0.233 e. The summed E-state index contributed by atoms with van der Waals surface area (Å²) in [4.78, 5) is 16.3. The maximum atomic E-state index is 12.2. The van der Waals surface area contributed by atoms with E-state index in [9.17, 15) is 4.79 Å². The van der Waals surface area contributed by atoms with Crippen molar-refractivity contribution in [2.75, 3.05) is 18.4 Å². The molecule has 1 aliphatic rings. The van der Waals surface area contributed by atoms with E-state index in [0.717, 1.165) is 32.4 Å². The number of carbonyl (C=O) groups is 1. The first-order valence-corrected chi connectivity index (χ1v) is 6.56. The van der Waals surface area contributed by atoms with Crippen molar-refractivity contribution in [3.8, 4) is 0 Å². The van der Waals surface area contributed by atoms with Gasteiger partial charge in [0, 0.05) is 18.1 Å². The van der Waals surface area contributed by atoms with Gasteiger partial charge in [-0.25, -0.2) is 4.98 Å². The quantitative estimate of drug-likeness (QED) is 0.843. The fourth-order valence-corrected chi connectivity index (χ4v) is 2.78. The van der Waals surface area contributed by atoms with Crippen LogP contribution in [0.1, 0.15) is 26.2 Å². The molecule has 0 saturated carbocycles. The monoisotopic (exact) mass is 239 g/mol. The Balaban J connectivity index is 2.05. The number of nitrogens with zero attached hydrogens (tertiary/aromatic N) is 1. The minimum atomic E-state index is -0.222. The van der Waals surface area contributed by atoms with E-state index in [-0.39, 0.29) is 11.3 Å². The van der Waals surface area contributed by atoms with Gasteiger partial charge in [-0.1, -0.05) is 13.3 Å². The summed E-state index contributed by atoms with van der Waals surface area (Å²) < 4.78 is 0. The Kier molecular flexibility index (Phi) is 3.56. The van der Waals surface area contributed by atoms with Crippen LogP contribution in [0.2, 0.25) is 0 Å². The molecule has 1 aromatic heterocycles. The number of hydrogen-bond donors (Lipinski definition) is 2. The van der Waals surface area contributed by atoms with Gasteiger partial charge >= 0.3 is 0 Å².